The van der Waals surface area contributed by atoms with Crippen LogP contribution in [0.1, 0.15) is 4.88 Å². The SMILES string of the molecule is c1csc(CNc2nn3c(-c4ccc(N5CCOCC5)cc4)cnc3s2)c1. The van der Waals surface area contributed by atoms with Crippen molar-refractivity contribution in [3.05, 3.63) is 52.9 Å². The minimum atomic E-state index is 0.790. The molecule has 0 amide bonds. The molecule has 3 aromatic heterocycles. The van der Waals surface area contributed by atoms with E-state index in [0.717, 1.165) is 54.2 Å². The van der Waals surface area contributed by atoms with E-state index < -0.39 is 0 Å². The summed E-state index contributed by atoms with van der Waals surface area (Å²) in [5, 5.41) is 11.1. The van der Waals surface area contributed by atoms with Crippen LogP contribution in [0.4, 0.5) is 10.8 Å². The zero-order valence-corrected chi connectivity index (χ0v) is 16.3. The van der Waals surface area contributed by atoms with Gasteiger partial charge < -0.3 is 15.0 Å². The van der Waals surface area contributed by atoms with Crippen molar-refractivity contribution in [2.75, 3.05) is 36.5 Å². The third-order valence-electron chi connectivity index (χ3n) is 4.62. The molecule has 4 aromatic rings. The summed E-state index contributed by atoms with van der Waals surface area (Å²) in [5.41, 5.74) is 3.37. The summed E-state index contributed by atoms with van der Waals surface area (Å²) >= 11 is 3.32. The van der Waals surface area contributed by atoms with Crippen LogP contribution in [0.25, 0.3) is 16.2 Å². The summed E-state index contributed by atoms with van der Waals surface area (Å²) in [6.45, 7) is 4.28. The van der Waals surface area contributed by atoms with Crippen LogP contribution < -0.4 is 10.2 Å². The number of morpholine rings is 1. The van der Waals surface area contributed by atoms with Gasteiger partial charge in [-0.2, -0.15) is 0 Å². The molecule has 0 bridgehead atoms. The second-order valence-corrected chi connectivity index (χ2v) is 8.31. The van der Waals surface area contributed by atoms with Crippen molar-refractivity contribution in [1.29, 1.82) is 0 Å². The van der Waals surface area contributed by atoms with Gasteiger partial charge in [-0.1, -0.05) is 29.5 Å². The number of rotatable bonds is 5. The van der Waals surface area contributed by atoms with E-state index in [1.165, 1.54) is 10.6 Å². The van der Waals surface area contributed by atoms with Gasteiger partial charge in [0.05, 0.1) is 31.6 Å². The highest BCUT2D eigenvalue weighted by molar-refractivity contribution is 7.20. The number of benzene rings is 1. The van der Waals surface area contributed by atoms with Gasteiger partial charge in [0.15, 0.2) is 0 Å². The van der Waals surface area contributed by atoms with Crippen LogP contribution in [0.15, 0.2) is 48.0 Å². The standard InChI is InChI=1S/C19H19N5OS2/c1-2-16(26-11-1)12-20-18-22-24-17(13-21-19(24)27-18)14-3-5-15(6-4-14)23-7-9-25-10-8-23/h1-6,11,13H,7-10,12H2,(H,20,22). The van der Waals surface area contributed by atoms with Gasteiger partial charge in [0.2, 0.25) is 10.1 Å². The molecule has 1 aliphatic rings. The maximum absolute atomic E-state index is 5.43. The van der Waals surface area contributed by atoms with Gasteiger partial charge >= 0.3 is 0 Å². The van der Waals surface area contributed by atoms with E-state index in [1.807, 2.05) is 10.7 Å². The van der Waals surface area contributed by atoms with E-state index in [0.29, 0.717) is 0 Å². The second kappa shape index (κ2) is 7.30. The highest BCUT2D eigenvalue weighted by Gasteiger charge is 2.14. The van der Waals surface area contributed by atoms with Crippen molar-refractivity contribution >= 4 is 38.5 Å². The molecular weight excluding hydrogens is 378 g/mol. The molecule has 5 rings (SSSR count). The average Bonchev–Trinajstić information content (AvgIpc) is 3.44. The lowest BCUT2D eigenvalue weighted by molar-refractivity contribution is 0.122. The summed E-state index contributed by atoms with van der Waals surface area (Å²) in [5.74, 6) is 0. The number of fused-ring (bicyclic) bond motifs is 1. The van der Waals surface area contributed by atoms with E-state index in [1.54, 1.807) is 22.7 Å². The number of nitrogens with zero attached hydrogens (tertiary/aromatic N) is 4. The third-order valence-corrected chi connectivity index (χ3v) is 6.38. The van der Waals surface area contributed by atoms with Gasteiger partial charge in [-0.3, -0.25) is 0 Å². The topological polar surface area (TPSA) is 54.7 Å². The molecule has 0 radical (unpaired) electrons. The van der Waals surface area contributed by atoms with Crippen molar-refractivity contribution in [3.63, 3.8) is 0 Å². The molecule has 1 aliphatic heterocycles. The van der Waals surface area contributed by atoms with Crippen molar-refractivity contribution < 1.29 is 4.74 Å². The first-order valence-corrected chi connectivity index (χ1v) is 10.6. The summed E-state index contributed by atoms with van der Waals surface area (Å²) in [4.78, 5) is 9.08. The minimum absolute atomic E-state index is 0.790. The number of aromatic nitrogens is 3. The molecule has 1 aromatic carbocycles. The monoisotopic (exact) mass is 397 g/mol. The first kappa shape index (κ1) is 16.7. The minimum Gasteiger partial charge on any atom is -0.378 e. The Labute approximate surface area is 165 Å². The van der Waals surface area contributed by atoms with Crippen LogP contribution in [0.5, 0.6) is 0 Å². The van der Waals surface area contributed by atoms with Crippen molar-refractivity contribution in [2.45, 2.75) is 6.54 Å². The van der Waals surface area contributed by atoms with E-state index in [2.05, 4.69) is 57.0 Å². The molecule has 138 valence electrons. The Morgan fingerprint density at radius 3 is 2.74 bits per heavy atom. The summed E-state index contributed by atoms with van der Waals surface area (Å²) in [6, 6.07) is 12.8. The largest absolute Gasteiger partial charge is 0.378 e. The molecule has 0 atom stereocenters. The Morgan fingerprint density at radius 1 is 1.11 bits per heavy atom. The van der Waals surface area contributed by atoms with E-state index in [-0.39, 0.29) is 0 Å². The number of imidazole rings is 1. The second-order valence-electron chi connectivity index (χ2n) is 6.32. The first-order valence-electron chi connectivity index (χ1n) is 8.91. The number of hydrogen-bond acceptors (Lipinski definition) is 7. The quantitative estimate of drug-likeness (QED) is 0.552. The Balaban J connectivity index is 1.36. The Bertz CT molecular complexity index is 1020. The lowest BCUT2D eigenvalue weighted by Gasteiger charge is -2.28. The predicted octanol–water partition coefficient (Wildman–Crippen LogP) is 3.97. The summed E-state index contributed by atoms with van der Waals surface area (Å²) in [6.07, 6.45) is 1.89. The number of hydrogen-bond donors (Lipinski definition) is 1. The van der Waals surface area contributed by atoms with Crippen molar-refractivity contribution in [2.24, 2.45) is 0 Å². The van der Waals surface area contributed by atoms with Crippen LogP contribution >= 0.6 is 22.7 Å². The number of thiophene rings is 1. The van der Waals surface area contributed by atoms with Crippen LogP contribution in [0, 0.1) is 0 Å². The highest BCUT2D eigenvalue weighted by Crippen LogP contribution is 2.28. The maximum Gasteiger partial charge on any atom is 0.214 e. The molecule has 4 heterocycles. The van der Waals surface area contributed by atoms with E-state index >= 15 is 0 Å². The third kappa shape index (κ3) is 3.43. The molecular formula is C19H19N5OS2. The average molecular weight is 398 g/mol. The molecule has 6 nitrogen and oxygen atoms in total. The van der Waals surface area contributed by atoms with Crippen molar-refractivity contribution in [3.8, 4) is 11.3 Å². The molecule has 1 N–H and O–H groups in total. The van der Waals surface area contributed by atoms with Gasteiger partial charge in [-0.15, -0.1) is 16.4 Å². The van der Waals surface area contributed by atoms with Gasteiger partial charge in [0, 0.05) is 29.2 Å². The Hall–Kier alpha value is -2.42. The molecule has 1 fully saturated rings. The normalized spacial score (nSPS) is 14.7. The molecule has 0 saturated carbocycles. The highest BCUT2D eigenvalue weighted by atomic mass is 32.1. The Kier molecular flexibility index (Phi) is 4.52. The molecule has 27 heavy (non-hydrogen) atoms. The molecule has 8 heteroatoms. The van der Waals surface area contributed by atoms with Crippen LogP contribution in [0.3, 0.4) is 0 Å². The maximum atomic E-state index is 5.43. The fraction of sp³-hybridized carbons (Fsp3) is 0.263. The number of nitrogens with one attached hydrogen (secondary N) is 1. The van der Waals surface area contributed by atoms with Crippen LogP contribution in [-0.4, -0.2) is 40.9 Å². The van der Waals surface area contributed by atoms with Gasteiger partial charge in [0.25, 0.3) is 0 Å². The fourth-order valence-electron chi connectivity index (χ4n) is 3.20. The van der Waals surface area contributed by atoms with E-state index in [4.69, 9.17) is 9.84 Å². The van der Waals surface area contributed by atoms with Crippen LogP contribution in [0.2, 0.25) is 0 Å². The molecule has 1 saturated heterocycles. The Morgan fingerprint density at radius 2 is 1.96 bits per heavy atom. The van der Waals surface area contributed by atoms with Crippen LogP contribution in [-0.2, 0) is 11.3 Å². The summed E-state index contributed by atoms with van der Waals surface area (Å²) in [7, 11) is 0. The number of anilines is 2. The summed E-state index contributed by atoms with van der Waals surface area (Å²) < 4.78 is 7.35. The zero-order valence-electron chi connectivity index (χ0n) is 14.7. The lowest BCUT2D eigenvalue weighted by Crippen LogP contribution is -2.36. The zero-order chi connectivity index (χ0) is 18.1. The first-order chi connectivity index (χ1) is 13.4. The van der Waals surface area contributed by atoms with Crippen molar-refractivity contribution in [1.82, 2.24) is 14.6 Å². The molecule has 0 spiro atoms. The number of ether oxygens (including phenoxy) is 1. The van der Waals surface area contributed by atoms with Gasteiger partial charge in [-0.25, -0.2) is 9.50 Å². The lowest BCUT2D eigenvalue weighted by atomic mass is 10.1. The smallest absolute Gasteiger partial charge is 0.214 e. The molecule has 0 aliphatic carbocycles. The van der Waals surface area contributed by atoms with Gasteiger partial charge in [0.1, 0.15) is 0 Å². The fourth-order valence-corrected chi connectivity index (χ4v) is 4.62. The predicted molar refractivity (Wildman–Crippen MR) is 111 cm³/mol. The molecule has 0 unspecified atom stereocenters. The van der Waals surface area contributed by atoms with Gasteiger partial charge in [-0.05, 0) is 23.6 Å². The van der Waals surface area contributed by atoms with E-state index in [9.17, 15) is 0 Å².